The summed E-state index contributed by atoms with van der Waals surface area (Å²) in [7, 11) is 0. The normalized spacial score (nSPS) is 23.8. The summed E-state index contributed by atoms with van der Waals surface area (Å²) in [4.78, 5) is 2.55. The Hall–Kier alpha value is -1.97. The summed E-state index contributed by atoms with van der Waals surface area (Å²) in [5, 5.41) is 0. The number of ether oxygens (including phenoxy) is 1. The zero-order valence-electron chi connectivity index (χ0n) is 13.7. The second-order valence-electron chi connectivity index (χ2n) is 6.75. The van der Waals surface area contributed by atoms with E-state index in [-0.39, 0.29) is 5.82 Å². The average molecular weight is 323 g/mol. The van der Waals surface area contributed by atoms with E-state index in [1.807, 2.05) is 6.07 Å². The van der Waals surface area contributed by atoms with Gasteiger partial charge in [-0.1, -0.05) is 54.1 Å². The third kappa shape index (κ3) is 3.42. The Morgan fingerprint density at radius 1 is 1.00 bits per heavy atom. The zero-order valence-corrected chi connectivity index (χ0v) is 13.7. The Labute approximate surface area is 142 Å². The van der Waals surface area contributed by atoms with Gasteiger partial charge in [-0.05, 0) is 36.1 Å². The van der Waals surface area contributed by atoms with Crippen molar-refractivity contribution >= 4 is 0 Å². The molecule has 0 radical (unpaired) electrons. The molecule has 0 aliphatic carbocycles. The van der Waals surface area contributed by atoms with Crippen LogP contribution in [0.2, 0.25) is 0 Å². The molecule has 2 nitrogen and oxygen atoms in total. The maximum atomic E-state index is 13.4. The lowest BCUT2D eigenvalue weighted by Crippen LogP contribution is -2.53. The molecule has 0 aromatic heterocycles. The molecule has 0 amide bonds. The number of hydrogen-bond donors (Lipinski definition) is 0. The van der Waals surface area contributed by atoms with Crippen LogP contribution in [-0.2, 0) is 17.7 Å². The van der Waals surface area contributed by atoms with Crippen LogP contribution in [0.25, 0.3) is 0 Å². The first-order valence-electron chi connectivity index (χ1n) is 8.59. The van der Waals surface area contributed by atoms with Crippen molar-refractivity contribution in [1.82, 2.24) is 4.90 Å². The first-order valence-corrected chi connectivity index (χ1v) is 8.59. The second kappa shape index (κ2) is 6.88. The smallest absolute Gasteiger partial charge is 0.123 e. The first kappa shape index (κ1) is 15.6. The molecule has 0 spiro atoms. The third-order valence-electron chi connectivity index (χ3n) is 4.95. The molecule has 2 unspecified atom stereocenters. The highest BCUT2D eigenvalue weighted by Crippen LogP contribution is 2.30. The Morgan fingerprint density at radius 3 is 2.62 bits per heavy atom. The van der Waals surface area contributed by atoms with Crippen LogP contribution in [0.4, 0.5) is 4.39 Å². The SMILES string of the molecule is Fc1cccc(CC2=CC3COCC(C2)N3Cc2ccccc2)c1. The summed E-state index contributed by atoms with van der Waals surface area (Å²) in [6, 6.07) is 18.3. The lowest BCUT2D eigenvalue weighted by atomic mass is 9.90. The Balaban J connectivity index is 1.51. The van der Waals surface area contributed by atoms with Crippen molar-refractivity contribution in [2.45, 2.75) is 31.5 Å². The lowest BCUT2D eigenvalue weighted by Gasteiger charge is -2.45. The van der Waals surface area contributed by atoms with Crippen molar-refractivity contribution in [2.75, 3.05) is 13.2 Å². The van der Waals surface area contributed by atoms with Gasteiger partial charge in [0.25, 0.3) is 0 Å². The van der Waals surface area contributed by atoms with Crippen LogP contribution < -0.4 is 0 Å². The van der Waals surface area contributed by atoms with Gasteiger partial charge in [0, 0.05) is 12.6 Å². The average Bonchev–Trinajstić information content (AvgIpc) is 2.56. The van der Waals surface area contributed by atoms with E-state index >= 15 is 0 Å². The lowest BCUT2D eigenvalue weighted by molar-refractivity contribution is -0.0440. The quantitative estimate of drug-likeness (QED) is 0.790. The number of benzene rings is 2. The number of nitrogens with zero attached hydrogens (tertiary/aromatic N) is 1. The third-order valence-corrected chi connectivity index (χ3v) is 4.95. The fraction of sp³-hybridized carbons (Fsp3) is 0.333. The van der Waals surface area contributed by atoms with Crippen molar-refractivity contribution in [3.05, 3.63) is 83.2 Å². The topological polar surface area (TPSA) is 12.5 Å². The van der Waals surface area contributed by atoms with Gasteiger partial charge in [-0.2, -0.15) is 0 Å². The standard InChI is InChI=1S/C21H22FNO/c22-19-8-4-7-17(10-19)9-18-11-20-14-24-15-21(12-18)23(20)13-16-5-2-1-3-6-16/h1-8,10-11,20-21H,9,12-15H2. The summed E-state index contributed by atoms with van der Waals surface area (Å²) in [5.74, 6) is -0.154. The van der Waals surface area contributed by atoms with Crippen LogP contribution in [-0.4, -0.2) is 30.2 Å². The van der Waals surface area contributed by atoms with Gasteiger partial charge < -0.3 is 4.74 Å². The van der Waals surface area contributed by atoms with Gasteiger partial charge in [0.05, 0.1) is 19.3 Å². The summed E-state index contributed by atoms with van der Waals surface area (Å²) >= 11 is 0. The van der Waals surface area contributed by atoms with Crippen LogP contribution in [0.1, 0.15) is 17.5 Å². The number of hydrogen-bond acceptors (Lipinski definition) is 2. The maximum Gasteiger partial charge on any atom is 0.123 e. The van der Waals surface area contributed by atoms with E-state index in [0.717, 1.165) is 38.2 Å². The van der Waals surface area contributed by atoms with Crippen LogP contribution >= 0.6 is 0 Å². The van der Waals surface area contributed by atoms with Crippen LogP contribution in [0.15, 0.2) is 66.2 Å². The van der Waals surface area contributed by atoms with E-state index in [1.165, 1.54) is 17.2 Å². The molecule has 1 fully saturated rings. The largest absolute Gasteiger partial charge is 0.378 e. The van der Waals surface area contributed by atoms with Crippen molar-refractivity contribution in [1.29, 1.82) is 0 Å². The van der Waals surface area contributed by atoms with Gasteiger partial charge in [0.15, 0.2) is 0 Å². The van der Waals surface area contributed by atoms with Gasteiger partial charge in [-0.15, -0.1) is 0 Å². The van der Waals surface area contributed by atoms with Crippen molar-refractivity contribution in [3.8, 4) is 0 Å². The van der Waals surface area contributed by atoms with Crippen LogP contribution in [0.3, 0.4) is 0 Å². The fourth-order valence-corrected chi connectivity index (χ4v) is 3.83. The van der Waals surface area contributed by atoms with E-state index in [1.54, 1.807) is 12.1 Å². The first-order chi connectivity index (χ1) is 11.8. The molecule has 3 heteroatoms. The molecule has 2 heterocycles. The van der Waals surface area contributed by atoms with Crippen molar-refractivity contribution < 1.29 is 9.13 Å². The fourth-order valence-electron chi connectivity index (χ4n) is 3.83. The van der Waals surface area contributed by atoms with Crippen LogP contribution in [0.5, 0.6) is 0 Å². The van der Waals surface area contributed by atoms with Gasteiger partial charge in [0.2, 0.25) is 0 Å². The summed E-state index contributed by atoms with van der Waals surface area (Å²) < 4.78 is 19.2. The number of morpholine rings is 1. The Bertz CT molecular complexity index is 728. The van der Waals surface area contributed by atoms with Gasteiger partial charge in [-0.25, -0.2) is 4.39 Å². The molecule has 0 N–H and O–H groups in total. The van der Waals surface area contributed by atoms with Crippen LogP contribution in [0, 0.1) is 5.82 Å². The molecule has 4 rings (SSSR count). The van der Waals surface area contributed by atoms with E-state index in [4.69, 9.17) is 4.74 Å². The van der Waals surface area contributed by atoms with E-state index in [0.29, 0.717) is 12.1 Å². The predicted molar refractivity (Wildman–Crippen MR) is 93.2 cm³/mol. The minimum atomic E-state index is -0.154. The highest BCUT2D eigenvalue weighted by Gasteiger charge is 2.34. The van der Waals surface area contributed by atoms with E-state index in [2.05, 4.69) is 41.3 Å². The zero-order chi connectivity index (χ0) is 16.4. The van der Waals surface area contributed by atoms with E-state index in [9.17, 15) is 4.39 Å². The number of fused-ring (bicyclic) bond motifs is 2. The van der Waals surface area contributed by atoms with E-state index < -0.39 is 0 Å². The molecule has 24 heavy (non-hydrogen) atoms. The molecule has 1 saturated heterocycles. The molecule has 0 saturated carbocycles. The van der Waals surface area contributed by atoms with Gasteiger partial charge >= 0.3 is 0 Å². The number of rotatable bonds is 4. The highest BCUT2D eigenvalue weighted by molar-refractivity contribution is 5.27. The molecule has 2 aliphatic rings. The maximum absolute atomic E-state index is 13.4. The molecule has 2 aromatic rings. The summed E-state index contributed by atoms with van der Waals surface area (Å²) in [6.07, 6.45) is 4.17. The summed E-state index contributed by atoms with van der Waals surface area (Å²) in [6.45, 7) is 2.49. The molecule has 2 atom stereocenters. The Morgan fingerprint density at radius 2 is 1.83 bits per heavy atom. The molecule has 2 aromatic carbocycles. The molecular formula is C21H22FNO. The molecule has 2 aliphatic heterocycles. The van der Waals surface area contributed by atoms with Gasteiger partial charge in [0.1, 0.15) is 5.82 Å². The minimum Gasteiger partial charge on any atom is -0.378 e. The van der Waals surface area contributed by atoms with Crippen molar-refractivity contribution in [3.63, 3.8) is 0 Å². The number of halogens is 1. The summed E-state index contributed by atoms with van der Waals surface area (Å²) in [5.41, 5.74) is 3.80. The Kier molecular flexibility index (Phi) is 4.46. The molecule has 124 valence electrons. The highest BCUT2D eigenvalue weighted by atomic mass is 19.1. The predicted octanol–water partition coefficient (Wildman–Crippen LogP) is 3.97. The van der Waals surface area contributed by atoms with Gasteiger partial charge in [-0.3, -0.25) is 4.90 Å². The second-order valence-corrected chi connectivity index (χ2v) is 6.75. The monoisotopic (exact) mass is 323 g/mol. The molecular weight excluding hydrogens is 301 g/mol. The molecule has 2 bridgehead atoms. The van der Waals surface area contributed by atoms with Crippen molar-refractivity contribution in [2.24, 2.45) is 0 Å². The minimum absolute atomic E-state index is 0.154.